The van der Waals surface area contributed by atoms with Gasteiger partial charge in [-0.05, 0) is 63.3 Å². The fourth-order valence-electron chi connectivity index (χ4n) is 3.87. The largest absolute Gasteiger partial charge is 0.350 e. The van der Waals surface area contributed by atoms with Gasteiger partial charge in [0.2, 0.25) is 0 Å². The summed E-state index contributed by atoms with van der Waals surface area (Å²) in [4.78, 5) is 12.1. The predicted octanol–water partition coefficient (Wildman–Crippen LogP) is 3.09. The second kappa shape index (κ2) is 9.31. The summed E-state index contributed by atoms with van der Waals surface area (Å²) in [6.45, 7) is 5.96. The van der Waals surface area contributed by atoms with Gasteiger partial charge in [0.25, 0.3) is 5.91 Å². The highest BCUT2D eigenvalue weighted by molar-refractivity contribution is 5.91. The topological polar surface area (TPSA) is 71.8 Å². The van der Waals surface area contributed by atoms with Crippen LogP contribution in [0.25, 0.3) is 0 Å². The Kier molecular flexibility index (Phi) is 6.83. The minimum absolute atomic E-state index is 0.123. The number of carbonyl (C=O) groups is 1. The lowest BCUT2D eigenvalue weighted by Crippen LogP contribution is -2.37. The van der Waals surface area contributed by atoms with E-state index in [4.69, 9.17) is 0 Å². The van der Waals surface area contributed by atoms with Crippen LogP contribution in [0, 0.1) is 11.8 Å². The van der Waals surface area contributed by atoms with E-state index in [0.29, 0.717) is 30.2 Å². The van der Waals surface area contributed by atoms with Gasteiger partial charge in [-0.3, -0.25) is 4.79 Å². The van der Waals surface area contributed by atoms with Crippen LogP contribution in [0.2, 0.25) is 0 Å². The van der Waals surface area contributed by atoms with Gasteiger partial charge in [-0.2, -0.15) is 0 Å². The molecular weight excluding hydrogens is 326 g/mol. The van der Waals surface area contributed by atoms with E-state index in [1.807, 2.05) is 10.9 Å². The van der Waals surface area contributed by atoms with Crippen molar-refractivity contribution in [2.45, 2.75) is 70.9 Å². The quantitative estimate of drug-likeness (QED) is 0.734. The van der Waals surface area contributed by atoms with E-state index < -0.39 is 0 Å². The summed E-state index contributed by atoms with van der Waals surface area (Å²) in [5.74, 6) is 1.11. The SMILES string of the molecule is CC(C)CNC(=O)c1cn(C2CCC(NCC3CC=CCC3)CC2)nn1. The average molecular weight is 360 g/mol. The molecule has 0 bridgehead atoms. The molecule has 1 unspecified atom stereocenters. The minimum atomic E-state index is -0.123. The molecule has 0 radical (unpaired) electrons. The van der Waals surface area contributed by atoms with Gasteiger partial charge in [0.15, 0.2) is 5.69 Å². The number of nitrogens with zero attached hydrogens (tertiary/aromatic N) is 3. The monoisotopic (exact) mass is 359 g/mol. The van der Waals surface area contributed by atoms with Crippen LogP contribution in [0.1, 0.15) is 75.3 Å². The van der Waals surface area contributed by atoms with Gasteiger partial charge < -0.3 is 10.6 Å². The van der Waals surface area contributed by atoms with E-state index in [9.17, 15) is 4.79 Å². The van der Waals surface area contributed by atoms with E-state index >= 15 is 0 Å². The molecule has 2 aliphatic rings. The number of nitrogens with one attached hydrogen (secondary N) is 2. The predicted molar refractivity (Wildman–Crippen MR) is 103 cm³/mol. The summed E-state index contributed by atoms with van der Waals surface area (Å²) >= 11 is 0. The van der Waals surface area contributed by atoms with Crippen LogP contribution in [-0.2, 0) is 0 Å². The Hall–Kier alpha value is -1.69. The lowest BCUT2D eigenvalue weighted by Gasteiger charge is -2.30. The molecule has 1 saturated carbocycles. The molecule has 1 amide bonds. The Bertz CT molecular complexity index is 601. The molecular formula is C20H33N5O. The maximum atomic E-state index is 12.1. The van der Waals surface area contributed by atoms with Crippen molar-refractivity contribution >= 4 is 5.91 Å². The summed E-state index contributed by atoms with van der Waals surface area (Å²) < 4.78 is 1.90. The first-order valence-corrected chi connectivity index (χ1v) is 10.2. The standard InChI is InChI=1S/C20H33N5O/c1-15(2)12-22-20(26)19-14-25(24-23-19)18-10-8-17(9-11-18)21-13-16-6-4-3-5-7-16/h3-4,14-18,21H,5-13H2,1-2H3,(H,22,26). The zero-order valence-corrected chi connectivity index (χ0v) is 16.2. The molecule has 0 aliphatic heterocycles. The van der Waals surface area contributed by atoms with Gasteiger partial charge in [0.1, 0.15) is 0 Å². The summed E-state index contributed by atoms with van der Waals surface area (Å²) in [6.07, 6.45) is 14.7. The first-order chi connectivity index (χ1) is 12.6. The molecule has 1 fully saturated rings. The molecule has 2 aliphatic carbocycles. The van der Waals surface area contributed by atoms with Gasteiger partial charge in [-0.25, -0.2) is 4.68 Å². The molecule has 1 heterocycles. The smallest absolute Gasteiger partial charge is 0.273 e. The van der Waals surface area contributed by atoms with Crippen LogP contribution in [0.5, 0.6) is 0 Å². The van der Waals surface area contributed by atoms with Gasteiger partial charge >= 0.3 is 0 Å². The molecule has 144 valence electrons. The maximum Gasteiger partial charge on any atom is 0.273 e. The second-order valence-electron chi connectivity index (χ2n) is 8.25. The van der Waals surface area contributed by atoms with Gasteiger partial charge in [0, 0.05) is 12.6 Å². The van der Waals surface area contributed by atoms with Crippen LogP contribution in [0.15, 0.2) is 18.3 Å². The molecule has 2 N–H and O–H groups in total. The van der Waals surface area contributed by atoms with Crippen molar-refractivity contribution in [3.8, 4) is 0 Å². The molecule has 6 heteroatoms. The molecule has 6 nitrogen and oxygen atoms in total. The van der Waals surface area contributed by atoms with Crippen molar-refractivity contribution in [2.24, 2.45) is 11.8 Å². The zero-order valence-electron chi connectivity index (χ0n) is 16.2. The highest BCUT2D eigenvalue weighted by atomic mass is 16.2. The Labute approximate surface area is 156 Å². The fourth-order valence-corrected chi connectivity index (χ4v) is 3.87. The summed E-state index contributed by atoms with van der Waals surface area (Å²) in [5, 5.41) is 14.9. The van der Waals surface area contributed by atoms with Crippen molar-refractivity contribution in [3.05, 3.63) is 24.0 Å². The first-order valence-electron chi connectivity index (χ1n) is 10.2. The Morgan fingerprint density at radius 3 is 2.73 bits per heavy atom. The lowest BCUT2D eigenvalue weighted by atomic mass is 9.89. The highest BCUT2D eigenvalue weighted by Crippen LogP contribution is 2.28. The number of amides is 1. The molecule has 26 heavy (non-hydrogen) atoms. The Morgan fingerprint density at radius 2 is 2.04 bits per heavy atom. The van der Waals surface area contributed by atoms with Crippen LogP contribution in [0.4, 0.5) is 0 Å². The number of hydrogen-bond donors (Lipinski definition) is 2. The molecule has 0 aromatic carbocycles. The number of carbonyl (C=O) groups excluding carboxylic acids is 1. The van der Waals surface area contributed by atoms with Crippen LogP contribution in [0.3, 0.4) is 0 Å². The molecule has 0 saturated heterocycles. The molecule has 1 aromatic rings. The van der Waals surface area contributed by atoms with Crippen molar-refractivity contribution in [3.63, 3.8) is 0 Å². The normalized spacial score (nSPS) is 26.2. The van der Waals surface area contributed by atoms with E-state index in [-0.39, 0.29) is 5.91 Å². The number of rotatable bonds is 7. The van der Waals surface area contributed by atoms with Gasteiger partial charge in [-0.1, -0.05) is 31.2 Å². The maximum absolute atomic E-state index is 12.1. The summed E-state index contributed by atoms with van der Waals surface area (Å²) in [6, 6.07) is 0.985. The van der Waals surface area contributed by atoms with Crippen molar-refractivity contribution in [1.82, 2.24) is 25.6 Å². The zero-order chi connectivity index (χ0) is 18.4. The van der Waals surface area contributed by atoms with Gasteiger partial charge in [0.05, 0.1) is 12.2 Å². The summed E-state index contributed by atoms with van der Waals surface area (Å²) in [5.41, 5.74) is 0.427. The third kappa shape index (κ3) is 5.40. The molecule has 3 rings (SSSR count). The number of allylic oxidation sites excluding steroid dienone is 2. The Morgan fingerprint density at radius 1 is 1.23 bits per heavy atom. The third-order valence-corrected chi connectivity index (χ3v) is 5.56. The van der Waals surface area contributed by atoms with E-state index in [1.165, 1.54) is 32.1 Å². The summed E-state index contributed by atoms with van der Waals surface area (Å²) in [7, 11) is 0. The van der Waals surface area contributed by atoms with E-state index in [2.05, 4.69) is 46.9 Å². The van der Waals surface area contributed by atoms with Gasteiger partial charge in [-0.15, -0.1) is 5.10 Å². The van der Waals surface area contributed by atoms with Crippen LogP contribution in [-0.4, -0.2) is 40.0 Å². The molecule has 0 spiro atoms. The lowest BCUT2D eigenvalue weighted by molar-refractivity contribution is 0.0944. The van der Waals surface area contributed by atoms with E-state index in [1.54, 1.807) is 0 Å². The van der Waals surface area contributed by atoms with Crippen LogP contribution < -0.4 is 10.6 Å². The van der Waals surface area contributed by atoms with Crippen molar-refractivity contribution in [1.29, 1.82) is 0 Å². The average Bonchev–Trinajstić information content (AvgIpc) is 3.16. The fraction of sp³-hybridized carbons (Fsp3) is 0.750. The molecule has 1 aromatic heterocycles. The molecule has 1 atom stereocenters. The van der Waals surface area contributed by atoms with E-state index in [0.717, 1.165) is 25.3 Å². The second-order valence-corrected chi connectivity index (χ2v) is 8.25. The number of aromatic nitrogens is 3. The van der Waals surface area contributed by atoms with Crippen LogP contribution >= 0.6 is 0 Å². The Balaban J connectivity index is 1.41. The third-order valence-electron chi connectivity index (χ3n) is 5.56. The van der Waals surface area contributed by atoms with Crippen molar-refractivity contribution in [2.75, 3.05) is 13.1 Å². The minimum Gasteiger partial charge on any atom is -0.350 e. The first kappa shape index (κ1) is 19.1. The van der Waals surface area contributed by atoms with Crippen molar-refractivity contribution < 1.29 is 4.79 Å². The highest BCUT2D eigenvalue weighted by Gasteiger charge is 2.24. The number of hydrogen-bond acceptors (Lipinski definition) is 4.